The van der Waals surface area contributed by atoms with Gasteiger partial charge in [0.1, 0.15) is 5.82 Å². The third-order valence-corrected chi connectivity index (χ3v) is 3.42. The van der Waals surface area contributed by atoms with Gasteiger partial charge in [0, 0.05) is 17.9 Å². The summed E-state index contributed by atoms with van der Waals surface area (Å²) in [5.41, 5.74) is 2.76. The highest BCUT2D eigenvalue weighted by Crippen LogP contribution is 2.18. The Bertz CT molecular complexity index is 692. The summed E-state index contributed by atoms with van der Waals surface area (Å²) < 4.78 is 13.1. The minimum atomic E-state index is -0.304. The number of hydrogen-bond donors (Lipinski definition) is 1. The van der Waals surface area contributed by atoms with Crippen LogP contribution in [0.15, 0.2) is 48.5 Å². The van der Waals surface area contributed by atoms with Crippen molar-refractivity contribution < 1.29 is 4.39 Å². The zero-order valence-corrected chi connectivity index (χ0v) is 13.0. The average Bonchev–Trinajstić information content (AvgIpc) is 2.49. The van der Waals surface area contributed by atoms with Gasteiger partial charge in [-0.05, 0) is 61.1 Å². The quantitative estimate of drug-likeness (QED) is 0.857. The van der Waals surface area contributed by atoms with Crippen molar-refractivity contribution in [2.24, 2.45) is 0 Å². The molecule has 0 aromatic heterocycles. The molecule has 22 heavy (non-hydrogen) atoms. The number of nitrogens with zero attached hydrogens (tertiary/aromatic N) is 2. The molecule has 0 atom stereocenters. The summed E-state index contributed by atoms with van der Waals surface area (Å²) >= 11 is 5.44. The van der Waals surface area contributed by atoms with Crippen molar-refractivity contribution in [3.8, 4) is 6.07 Å². The molecule has 0 aliphatic rings. The first-order chi connectivity index (χ1) is 10.6. The molecule has 1 N–H and O–H groups in total. The Labute approximate surface area is 135 Å². The lowest BCUT2D eigenvalue weighted by Crippen LogP contribution is -2.35. The highest BCUT2D eigenvalue weighted by atomic mass is 32.1. The summed E-state index contributed by atoms with van der Waals surface area (Å²) in [7, 11) is 0. The van der Waals surface area contributed by atoms with E-state index in [9.17, 15) is 4.39 Å². The fourth-order valence-corrected chi connectivity index (χ4v) is 2.36. The number of nitriles is 1. The minimum absolute atomic E-state index is 0.304. The number of thiocarbonyl (C=S) groups is 1. The number of rotatable bonds is 4. The van der Waals surface area contributed by atoms with Gasteiger partial charge >= 0.3 is 0 Å². The van der Waals surface area contributed by atoms with Crippen LogP contribution in [0.5, 0.6) is 0 Å². The molecule has 0 amide bonds. The molecule has 112 valence electrons. The summed E-state index contributed by atoms with van der Waals surface area (Å²) in [6.45, 7) is 2.45. The van der Waals surface area contributed by atoms with Gasteiger partial charge in [-0.25, -0.2) is 4.39 Å². The molecule has 0 aliphatic heterocycles. The second-order valence-corrected chi connectivity index (χ2v) is 5.22. The van der Waals surface area contributed by atoms with Crippen molar-refractivity contribution >= 4 is 28.7 Å². The van der Waals surface area contributed by atoms with E-state index in [1.54, 1.807) is 17.0 Å². The van der Waals surface area contributed by atoms with E-state index in [1.807, 2.05) is 31.2 Å². The second kappa shape index (κ2) is 7.53. The number of nitrogens with one attached hydrogen (secondary N) is 1. The van der Waals surface area contributed by atoms with E-state index in [0.717, 1.165) is 16.9 Å². The van der Waals surface area contributed by atoms with Gasteiger partial charge < -0.3 is 10.2 Å². The molecule has 0 radical (unpaired) electrons. The summed E-state index contributed by atoms with van der Waals surface area (Å²) in [4.78, 5) is 1.79. The molecule has 3 nitrogen and oxygen atoms in total. The predicted octanol–water partition coefficient (Wildman–Crippen LogP) is 4.25. The van der Waals surface area contributed by atoms with Gasteiger partial charge in [0.25, 0.3) is 0 Å². The van der Waals surface area contributed by atoms with E-state index in [0.29, 0.717) is 18.1 Å². The lowest BCUT2D eigenvalue weighted by molar-refractivity contribution is 0.628. The van der Waals surface area contributed by atoms with Gasteiger partial charge in [-0.1, -0.05) is 12.1 Å². The molecule has 5 heteroatoms. The number of aryl methyl sites for hydroxylation is 1. The Balaban J connectivity index is 2.19. The van der Waals surface area contributed by atoms with Crippen molar-refractivity contribution in [3.05, 3.63) is 59.9 Å². The van der Waals surface area contributed by atoms with Crippen LogP contribution in [0, 0.1) is 24.1 Å². The van der Waals surface area contributed by atoms with E-state index in [2.05, 4.69) is 11.4 Å². The van der Waals surface area contributed by atoms with Gasteiger partial charge in [-0.3, -0.25) is 0 Å². The molecule has 0 heterocycles. The first-order valence-electron chi connectivity index (χ1n) is 6.88. The maximum Gasteiger partial charge on any atom is 0.177 e. The average molecular weight is 313 g/mol. The Morgan fingerprint density at radius 3 is 2.64 bits per heavy atom. The summed E-state index contributed by atoms with van der Waals surface area (Å²) in [6.07, 6.45) is 0.326. The first kappa shape index (κ1) is 15.9. The SMILES string of the molecule is Cc1cccc(NC(=S)N(CCC#N)c2ccc(F)cc2)c1. The fourth-order valence-electron chi connectivity index (χ4n) is 2.04. The highest BCUT2D eigenvalue weighted by Gasteiger charge is 2.12. The molecule has 0 fully saturated rings. The van der Waals surface area contributed by atoms with Crippen LogP contribution >= 0.6 is 12.2 Å². The van der Waals surface area contributed by atoms with E-state index in [4.69, 9.17) is 17.5 Å². The lowest BCUT2D eigenvalue weighted by Gasteiger charge is -2.25. The van der Waals surface area contributed by atoms with Crippen molar-refractivity contribution in [2.45, 2.75) is 13.3 Å². The third kappa shape index (κ3) is 4.27. The van der Waals surface area contributed by atoms with E-state index in [-0.39, 0.29) is 5.82 Å². The Kier molecular flexibility index (Phi) is 5.45. The van der Waals surface area contributed by atoms with Gasteiger partial charge in [-0.15, -0.1) is 0 Å². The zero-order chi connectivity index (χ0) is 15.9. The van der Waals surface area contributed by atoms with Gasteiger partial charge in [-0.2, -0.15) is 5.26 Å². The molecule has 2 aromatic rings. The second-order valence-electron chi connectivity index (χ2n) is 4.84. The predicted molar refractivity (Wildman–Crippen MR) is 91.4 cm³/mol. The van der Waals surface area contributed by atoms with Crippen LogP contribution < -0.4 is 10.2 Å². The molecule has 0 unspecified atom stereocenters. The van der Waals surface area contributed by atoms with Crippen molar-refractivity contribution in [3.63, 3.8) is 0 Å². The van der Waals surface area contributed by atoms with Crippen LogP contribution in [0.2, 0.25) is 0 Å². The van der Waals surface area contributed by atoms with Crippen LogP contribution in [0.4, 0.5) is 15.8 Å². The molecule has 2 rings (SSSR count). The first-order valence-corrected chi connectivity index (χ1v) is 7.28. The molecule has 0 saturated carbocycles. The molecular formula is C17H16FN3S. The lowest BCUT2D eigenvalue weighted by atomic mass is 10.2. The van der Waals surface area contributed by atoms with Crippen LogP contribution in [0.3, 0.4) is 0 Å². The van der Waals surface area contributed by atoms with Crippen LogP contribution in [-0.2, 0) is 0 Å². The molecule has 0 aliphatic carbocycles. The van der Waals surface area contributed by atoms with Gasteiger partial charge in [0.05, 0.1) is 12.5 Å². The van der Waals surface area contributed by atoms with Crippen LogP contribution in [-0.4, -0.2) is 11.7 Å². The topological polar surface area (TPSA) is 39.1 Å². The van der Waals surface area contributed by atoms with Crippen LogP contribution in [0.1, 0.15) is 12.0 Å². The summed E-state index contributed by atoms with van der Waals surface area (Å²) in [5, 5.41) is 12.5. The number of anilines is 2. The van der Waals surface area contributed by atoms with Crippen LogP contribution in [0.25, 0.3) is 0 Å². The number of benzene rings is 2. The Morgan fingerprint density at radius 1 is 1.27 bits per heavy atom. The monoisotopic (exact) mass is 313 g/mol. The number of hydrogen-bond acceptors (Lipinski definition) is 2. The number of halogens is 1. The van der Waals surface area contributed by atoms with Gasteiger partial charge in [0.2, 0.25) is 0 Å². The minimum Gasteiger partial charge on any atom is -0.332 e. The largest absolute Gasteiger partial charge is 0.332 e. The molecular weight excluding hydrogens is 297 g/mol. The van der Waals surface area contributed by atoms with Crippen molar-refractivity contribution in [2.75, 3.05) is 16.8 Å². The zero-order valence-electron chi connectivity index (χ0n) is 12.2. The Hall–Kier alpha value is -2.45. The third-order valence-electron chi connectivity index (χ3n) is 3.10. The van der Waals surface area contributed by atoms with E-state index >= 15 is 0 Å². The molecule has 0 bridgehead atoms. The van der Waals surface area contributed by atoms with Gasteiger partial charge in [0.15, 0.2) is 5.11 Å². The smallest absolute Gasteiger partial charge is 0.177 e. The van der Waals surface area contributed by atoms with E-state index in [1.165, 1.54) is 12.1 Å². The maximum absolute atomic E-state index is 13.1. The normalized spacial score (nSPS) is 9.86. The molecule has 0 spiro atoms. The summed E-state index contributed by atoms with van der Waals surface area (Å²) in [6, 6.07) is 16.0. The van der Waals surface area contributed by atoms with Crippen molar-refractivity contribution in [1.82, 2.24) is 0 Å². The standard InChI is InChI=1S/C17H16FN3S/c1-13-4-2-5-15(12-13)20-17(22)21(11-3-10-19)16-8-6-14(18)7-9-16/h2,4-9,12H,3,11H2,1H3,(H,20,22). The summed E-state index contributed by atoms with van der Waals surface area (Å²) in [5.74, 6) is -0.304. The molecule has 0 saturated heterocycles. The fraction of sp³-hybridized carbons (Fsp3) is 0.176. The van der Waals surface area contributed by atoms with Crippen molar-refractivity contribution in [1.29, 1.82) is 5.26 Å². The van der Waals surface area contributed by atoms with E-state index < -0.39 is 0 Å². The maximum atomic E-state index is 13.1. The Morgan fingerprint density at radius 2 is 2.00 bits per heavy atom. The highest BCUT2D eigenvalue weighted by molar-refractivity contribution is 7.80. The molecule has 2 aromatic carbocycles.